The van der Waals surface area contributed by atoms with Crippen LogP contribution < -0.4 is 5.73 Å². The van der Waals surface area contributed by atoms with Crippen molar-refractivity contribution in [2.45, 2.75) is 18.9 Å². The van der Waals surface area contributed by atoms with Crippen LogP contribution in [-0.4, -0.2) is 23.9 Å². The zero-order valence-electron chi connectivity index (χ0n) is 11.0. The Bertz CT molecular complexity index is 574. The van der Waals surface area contributed by atoms with Gasteiger partial charge in [0, 0.05) is 20.1 Å². The number of halogens is 2. The molecule has 0 bridgehead atoms. The number of aromatic nitrogens is 2. The van der Waals surface area contributed by atoms with Crippen LogP contribution in [0.1, 0.15) is 29.7 Å². The largest absolute Gasteiger partial charge is 0.385 e. The fraction of sp³-hybridized carbons (Fsp3) is 0.385. The Hall–Kier alpha value is -1.14. The maximum atomic E-state index is 5.96. The van der Waals surface area contributed by atoms with Crippen LogP contribution in [0.25, 0.3) is 0 Å². The van der Waals surface area contributed by atoms with E-state index in [1.54, 1.807) is 19.2 Å². The van der Waals surface area contributed by atoms with Crippen molar-refractivity contribution in [2.24, 2.45) is 5.73 Å². The first-order valence-corrected chi connectivity index (χ1v) is 6.86. The summed E-state index contributed by atoms with van der Waals surface area (Å²) in [5, 5.41) is 4.93. The molecule has 0 saturated heterocycles. The molecule has 0 radical (unpaired) electrons. The molecule has 0 aliphatic rings. The van der Waals surface area contributed by atoms with Crippen molar-refractivity contribution in [1.29, 1.82) is 0 Å². The molecule has 0 amide bonds. The topological polar surface area (TPSA) is 74.2 Å². The monoisotopic (exact) mass is 315 g/mol. The minimum absolute atomic E-state index is 0.315. The summed E-state index contributed by atoms with van der Waals surface area (Å²) in [5.74, 6) is 0.975. The second kappa shape index (κ2) is 7.04. The first kappa shape index (κ1) is 15.3. The molecule has 2 aromatic rings. The molecule has 108 valence electrons. The van der Waals surface area contributed by atoms with Crippen LogP contribution >= 0.6 is 23.2 Å². The van der Waals surface area contributed by atoms with Gasteiger partial charge in [0.15, 0.2) is 5.82 Å². The summed E-state index contributed by atoms with van der Waals surface area (Å²) in [6, 6.07) is 5.08. The van der Waals surface area contributed by atoms with Crippen LogP contribution in [0.15, 0.2) is 22.7 Å². The molecule has 1 atom stereocenters. The van der Waals surface area contributed by atoms with Crippen molar-refractivity contribution in [3.05, 3.63) is 45.5 Å². The summed E-state index contributed by atoms with van der Waals surface area (Å²) in [7, 11) is 1.62. The van der Waals surface area contributed by atoms with Gasteiger partial charge in [-0.15, -0.1) is 0 Å². The summed E-state index contributed by atoms with van der Waals surface area (Å²) in [5.41, 5.74) is 6.87. The third-order valence-electron chi connectivity index (χ3n) is 2.78. The predicted molar refractivity (Wildman–Crippen MR) is 77.0 cm³/mol. The Morgan fingerprint density at radius 1 is 1.35 bits per heavy atom. The van der Waals surface area contributed by atoms with E-state index in [-0.39, 0.29) is 6.04 Å². The molecule has 0 fully saturated rings. The first-order chi connectivity index (χ1) is 9.60. The quantitative estimate of drug-likeness (QED) is 0.887. The summed E-state index contributed by atoms with van der Waals surface area (Å²) < 4.78 is 10.1. The van der Waals surface area contributed by atoms with Gasteiger partial charge in [0.2, 0.25) is 5.89 Å². The van der Waals surface area contributed by atoms with Crippen LogP contribution in [0, 0.1) is 0 Å². The number of hydrogen-bond acceptors (Lipinski definition) is 5. The zero-order valence-corrected chi connectivity index (χ0v) is 12.5. The number of ether oxygens (including phenoxy) is 1. The Kier molecular flexibility index (Phi) is 5.37. The van der Waals surface area contributed by atoms with Gasteiger partial charge in [0.1, 0.15) is 0 Å². The third-order valence-corrected chi connectivity index (χ3v) is 3.52. The maximum Gasteiger partial charge on any atom is 0.243 e. The minimum atomic E-state index is -0.315. The Balaban J connectivity index is 2.03. The molecule has 1 heterocycles. The van der Waals surface area contributed by atoms with Gasteiger partial charge < -0.3 is 15.0 Å². The summed E-state index contributed by atoms with van der Waals surface area (Å²) >= 11 is 11.8. The number of rotatable bonds is 6. The number of benzene rings is 1. The average molecular weight is 316 g/mol. The van der Waals surface area contributed by atoms with E-state index in [0.29, 0.717) is 41.2 Å². The lowest BCUT2D eigenvalue weighted by Crippen LogP contribution is -2.13. The molecule has 20 heavy (non-hydrogen) atoms. The van der Waals surface area contributed by atoms with Crippen LogP contribution in [0.4, 0.5) is 0 Å². The molecule has 5 nitrogen and oxygen atoms in total. The van der Waals surface area contributed by atoms with Crippen molar-refractivity contribution >= 4 is 23.2 Å². The smallest absolute Gasteiger partial charge is 0.243 e. The van der Waals surface area contributed by atoms with Gasteiger partial charge in [-0.05, 0) is 24.1 Å². The SMILES string of the molecule is COCCC(N)c1nc(Cc2ccc(Cl)c(Cl)c2)no1. The Morgan fingerprint density at radius 3 is 2.85 bits per heavy atom. The molecule has 0 aliphatic carbocycles. The van der Waals surface area contributed by atoms with Gasteiger partial charge in [-0.1, -0.05) is 34.4 Å². The van der Waals surface area contributed by atoms with Gasteiger partial charge in [0.05, 0.1) is 16.1 Å². The molecular formula is C13H15Cl2N3O2. The second-order valence-electron chi connectivity index (χ2n) is 4.36. The van der Waals surface area contributed by atoms with E-state index in [9.17, 15) is 0 Å². The normalized spacial score (nSPS) is 12.6. The fourth-order valence-electron chi connectivity index (χ4n) is 1.69. The molecule has 1 aromatic heterocycles. The highest BCUT2D eigenvalue weighted by atomic mass is 35.5. The molecule has 1 unspecified atom stereocenters. The lowest BCUT2D eigenvalue weighted by molar-refractivity contribution is 0.182. The molecule has 1 aromatic carbocycles. The van der Waals surface area contributed by atoms with E-state index in [1.807, 2.05) is 6.07 Å². The number of methoxy groups -OCH3 is 1. The van der Waals surface area contributed by atoms with Crippen molar-refractivity contribution < 1.29 is 9.26 Å². The van der Waals surface area contributed by atoms with E-state index in [4.69, 9.17) is 38.2 Å². The molecule has 0 saturated carbocycles. The van der Waals surface area contributed by atoms with Crippen LogP contribution in [0.5, 0.6) is 0 Å². The fourth-order valence-corrected chi connectivity index (χ4v) is 2.01. The second-order valence-corrected chi connectivity index (χ2v) is 5.18. The van der Waals surface area contributed by atoms with Gasteiger partial charge in [-0.25, -0.2) is 0 Å². The van der Waals surface area contributed by atoms with E-state index in [2.05, 4.69) is 10.1 Å². The van der Waals surface area contributed by atoms with E-state index in [0.717, 1.165) is 5.56 Å². The Labute approximate surface area is 127 Å². The molecule has 0 aliphatic heterocycles. The lowest BCUT2D eigenvalue weighted by atomic mass is 10.1. The number of nitrogens with two attached hydrogens (primary N) is 1. The van der Waals surface area contributed by atoms with Crippen molar-refractivity contribution in [3.8, 4) is 0 Å². The minimum Gasteiger partial charge on any atom is -0.385 e. The van der Waals surface area contributed by atoms with Gasteiger partial charge in [-0.2, -0.15) is 4.98 Å². The molecule has 7 heteroatoms. The van der Waals surface area contributed by atoms with Crippen LogP contribution in [-0.2, 0) is 11.2 Å². The van der Waals surface area contributed by atoms with Gasteiger partial charge in [0.25, 0.3) is 0 Å². The van der Waals surface area contributed by atoms with Crippen molar-refractivity contribution in [3.63, 3.8) is 0 Å². The molecule has 0 spiro atoms. The molecule has 2 N–H and O–H groups in total. The highest BCUT2D eigenvalue weighted by Crippen LogP contribution is 2.23. The summed E-state index contributed by atoms with van der Waals surface area (Å²) in [6.07, 6.45) is 1.14. The Morgan fingerprint density at radius 2 is 2.15 bits per heavy atom. The zero-order chi connectivity index (χ0) is 14.5. The number of nitrogens with zero attached hydrogens (tertiary/aromatic N) is 2. The summed E-state index contributed by atoms with van der Waals surface area (Å²) in [4.78, 5) is 4.28. The molecule has 2 rings (SSSR count). The highest BCUT2D eigenvalue weighted by molar-refractivity contribution is 6.42. The van der Waals surface area contributed by atoms with Crippen molar-refractivity contribution in [2.75, 3.05) is 13.7 Å². The lowest BCUT2D eigenvalue weighted by Gasteiger charge is -2.04. The van der Waals surface area contributed by atoms with Crippen molar-refractivity contribution in [1.82, 2.24) is 10.1 Å². The van der Waals surface area contributed by atoms with Gasteiger partial charge >= 0.3 is 0 Å². The predicted octanol–water partition coefficient (Wildman–Crippen LogP) is 3.00. The highest BCUT2D eigenvalue weighted by Gasteiger charge is 2.15. The van der Waals surface area contributed by atoms with E-state index >= 15 is 0 Å². The number of hydrogen-bond donors (Lipinski definition) is 1. The first-order valence-electron chi connectivity index (χ1n) is 6.11. The van der Waals surface area contributed by atoms with E-state index in [1.165, 1.54) is 0 Å². The van der Waals surface area contributed by atoms with Gasteiger partial charge in [-0.3, -0.25) is 0 Å². The van der Waals surface area contributed by atoms with Crippen LogP contribution in [0.2, 0.25) is 10.0 Å². The average Bonchev–Trinajstić information content (AvgIpc) is 2.89. The summed E-state index contributed by atoms with van der Waals surface area (Å²) in [6.45, 7) is 0.547. The van der Waals surface area contributed by atoms with Crippen LogP contribution in [0.3, 0.4) is 0 Å². The molecular weight excluding hydrogens is 301 g/mol. The third kappa shape index (κ3) is 3.93. The standard InChI is InChI=1S/C13H15Cl2N3O2/c1-19-5-4-11(16)13-17-12(18-20-13)7-8-2-3-9(14)10(15)6-8/h2-3,6,11H,4-5,7,16H2,1H3. The maximum absolute atomic E-state index is 5.96. The van der Waals surface area contributed by atoms with E-state index < -0.39 is 0 Å².